The van der Waals surface area contributed by atoms with Crippen LogP contribution in [0.3, 0.4) is 0 Å². The van der Waals surface area contributed by atoms with E-state index >= 15 is 0 Å². The Bertz CT molecular complexity index is 1440. The van der Waals surface area contributed by atoms with Gasteiger partial charge in [0.05, 0.1) is 38.4 Å². The van der Waals surface area contributed by atoms with Gasteiger partial charge in [0.15, 0.2) is 17.1 Å². The molecule has 2 aromatic carbocycles. The lowest BCUT2D eigenvalue weighted by atomic mass is 10.1. The Kier molecular flexibility index (Phi) is 6.37. The molecule has 0 bridgehead atoms. The predicted molar refractivity (Wildman–Crippen MR) is 131 cm³/mol. The normalized spacial score (nSPS) is 11.4. The quantitative estimate of drug-likeness (QED) is 0.387. The molecule has 0 fully saturated rings. The number of nitrogens with two attached hydrogens (primary N) is 1. The number of hydrogen-bond donors (Lipinski definition) is 1. The van der Waals surface area contributed by atoms with E-state index in [2.05, 4.69) is 16.5 Å². The standard InChI is InChI=1S/C23H24N6O4S/c1-4-34(30,31)29(17-8-6-5-7-9-17)13-12-28-23-20(22(24)25-15-26-23)21(27-28)16-10-11-18(32-2)19(14-16)33-3/h4-11,14-15H,1,12-13H2,2-3H3,(H2,24,25,26). The first-order valence-electron chi connectivity index (χ1n) is 10.3. The van der Waals surface area contributed by atoms with Crippen LogP contribution < -0.4 is 19.5 Å². The second-order valence-electron chi connectivity index (χ2n) is 7.22. The Morgan fingerprint density at radius 3 is 2.50 bits per heavy atom. The maximum atomic E-state index is 12.7. The molecular formula is C23H24N6O4S. The average molecular weight is 481 g/mol. The van der Waals surface area contributed by atoms with Gasteiger partial charge in [-0.05, 0) is 30.3 Å². The van der Waals surface area contributed by atoms with Crippen molar-refractivity contribution in [2.45, 2.75) is 6.54 Å². The van der Waals surface area contributed by atoms with E-state index in [4.69, 9.17) is 20.3 Å². The number of rotatable bonds is 9. The zero-order chi connectivity index (χ0) is 24.3. The number of para-hydroxylation sites is 1. The van der Waals surface area contributed by atoms with Crippen molar-refractivity contribution < 1.29 is 17.9 Å². The molecule has 0 atom stereocenters. The lowest BCUT2D eigenvalue weighted by Crippen LogP contribution is -2.32. The predicted octanol–water partition coefficient (Wildman–Crippen LogP) is 3.07. The van der Waals surface area contributed by atoms with Crippen LogP contribution in [0.1, 0.15) is 0 Å². The van der Waals surface area contributed by atoms with Crippen LogP contribution in [0, 0.1) is 0 Å². The minimum Gasteiger partial charge on any atom is -0.493 e. The van der Waals surface area contributed by atoms with Crippen molar-refractivity contribution in [3.05, 3.63) is 66.8 Å². The summed E-state index contributed by atoms with van der Waals surface area (Å²) >= 11 is 0. The fourth-order valence-corrected chi connectivity index (χ4v) is 4.58. The van der Waals surface area contributed by atoms with Gasteiger partial charge in [-0.2, -0.15) is 5.10 Å². The van der Waals surface area contributed by atoms with E-state index in [1.165, 1.54) is 10.6 Å². The number of benzene rings is 2. The lowest BCUT2D eigenvalue weighted by molar-refractivity contribution is 0.355. The van der Waals surface area contributed by atoms with Crippen LogP contribution in [0.15, 0.2) is 66.8 Å². The molecule has 0 unspecified atom stereocenters. The summed E-state index contributed by atoms with van der Waals surface area (Å²) in [6.07, 6.45) is 1.35. The number of ether oxygens (including phenoxy) is 2. The summed E-state index contributed by atoms with van der Waals surface area (Å²) in [5, 5.41) is 6.20. The van der Waals surface area contributed by atoms with Gasteiger partial charge in [0, 0.05) is 11.0 Å². The summed E-state index contributed by atoms with van der Waals surface area (Å²) in [7, 11) is -0.630. The van der Waals surface area contributed by atoms with Gasteiger partial charge in [-0.15, -0.1) is 0 Å². The minimum atomic E-state index is -3.74. The number of hydrogen-bond acceptors (Lipinski definition) is 8. The van der Waals surface area contributed by atoms with Crippen molar-refractivity contribution in [2.75, 3.05) is 30.8 Å². The summed E-state index contributed by atoms with van der Waals surface area (Å²) in [4.78, 5) is 8.48. The molecule has 0 aliphatic carbocycles. The van der Waals surface area contributed by atoms with E-state index in [1.807, 2.05) is 12.1 Å². The van der Waals surface area contributed by atoms with Crippen LogP contribution in [-0.2, 0) is 16.6 Å². The van der Waals surface area contributed by atoms with Crippen molar-refractivity contribution >= 4 is 32.6 Å². The number of sulfonamides is 1. The van der Waals surface area contributed by atoms with E-state index < -0.39 is 10.0 Å². The van der Waals surface area contributed by atoms with Crippen molar-refractivity contribution in [3.8, 4) is 22.8 Å². The summed E-state index contributed by atoms with van der Waals surface area (Å²) in [6.45, 7) is 3.77. The van der Waals surface area contributed by atoms with Gasteiger partial charge >= 0.3 is 0 Å². The molecule has 0 aliphatic rings. The largest absolute Gasteiger partial charge is 0.493 e. The highest BCUT2D eigenvalue weighted by Gasteiger charge is 2.22. The molecule has 0 saturated carbocycles. The molecule has 2 aromatic heterocycles. The van der Waals surface area contributed by atoms with Crippen LogP contribution in [-0.4, -0.2) is 48.9 Å². The number of nitrogen functional groups attached to an aromatic ring is 1. The molecule has 10 nitrogen and oxygen atoms in total. The smallest absolute Gasteiger partial charge is 0.256 e. The Labute approximate surface area is 197 Å². The van der Waals surface area contributed by atoms with Crippen LogP contribution >= 0.6 is 0 Å². The molecule has 0 aliphatic heterocycles. The lowest BCUT2D eigenvalue weighted by Gasteiger charge is -2.22. The number of methoxy groups -OCH3 is 2. The molecule has 0 radical (unpaired) electrons. The molecular weight excluding hydrogens is 456 g/mol. The van der Waals surface area contributed by atoms with Crippen LogP contribution in [0.5, 0.6) is 11.5 Å². The molecule has 2 N–H and O–H groups in total. The Morgan fingerprint density at radius 2 is 1.82 bits per heavy atom. The molecule has 0 saturated heterocycles. The van der Waals surface area contributed by atoms with Gasteiger partial charge in [-0.3, -0.25) is 4.31 Å². The maximum Gasteiger partial charge on any atom is 0.256 e. The Morgan fingerprint density at radius 1 is 1.09 bits per heavy atom. The second kappa shape index (κ2) is 9.40. The van der Waals surface area contributed by atoms with Gasteiger partial charge < -0.3 is 15.2 Å². The van der Waals surface area contributed by atoms with Gasteiger partial charge in [0.1, 0.15) is 17.8 Å². The van der Waals surface area contributed by atoms with Gasteiger partial charge in [0.25, 0.3) is 10.0 Å². The third-order valence-corrected chi connectivity index (χ3v) is 6.72. The molecule has 0 spiro atoms. The fraction of sp³-hybridized carbons (Fsp3) is 0.174. The summed E-state index contributed by atoms with van der Waals surface area (Å²) in [6, 6.07) is 14.2. The molecule has 176 valence electrons. The molecule has 0 amide bonds. The summed E-state index contributed by atoms with van der Waals surface area (Å²) in [5.74, 6) is 1.37. The van der Waals surface area contributed by atoms with Gasteiger partial charge in [0.2, 0.25) is 0 Å². The third kappa shape index (κ3) is 4.25. The highest BCUT2D eigenvalue weighted by atomic mass is 32.2. The van der Waals surface area contributed by atoms with E-state index in [1.54, 1.807) is 55.3 Å². The topological polar surface area (TPSA) is 125 Å². The van der Waals surface area contributed by atoms with Crippen molar-refractivity contribution in [1.82, 2.24) is 19.7 Å². The SMILES string of the molecule is C=CS(=O)(=O)N(CCn1nc(-c2ccc(OC)c(OC)c2)c2c(N)ncnc21)c1ccccc1. The zero-order valence-corrected chi connectivity index (χ0v) is 19.6. The van der Waals surface area contributed by atoms with E-state index in [0.29, 0.717) is 33.9 Å². The molecule has 34 heavy (non-hydrogen) atoms. The van der Waals surface area contributed by atoms with Crippen LogP contribution in [0.4, 0.5) is 11.5 Å². The van der Waals surface area contributed by atoms with E-state index in [-0.39, 0.29) is 18.9 Å². The van der Waals surface area contributed by atoms with E-state index in [0.717, 1.165) is 11.0 Å². The highest BCUT2D eigenvalue weighted by molar-refractivity contribution is 7.95. The number of aromatic nitrogens is 4. The molecule has 4 aromatic rings. The van der Waals surface area contributed by atoms with Gasteiger partial charge in [-0.1, -0.05) is 24.8 Å². The van der Waals surface area contributed by atoms with Crippen molar-refractivity contribution in [2.24, 2.45) is 0 Å². The maximum absolute atomic E-state index is 12.7. The number of nitrogens with zero attached hydrogens (tertiary/aromatic N) is 5. The van der Waals surface area contributed by atoms with Crippen LogP contribution in [0.2, 0.25) is 0 Å². The molecule has 4 rings (SSSR count). The third-order valence-electron chi connectivity index (χ3n) is 5.29. The average Bonchev–Trinajstić information content (AvgIpc) is 3.24. The first kappa shape index (κ1) is 23.1. The second-order valence-corrected chi connectivity index (χ2v) is 9.02. The molecule has 2 heterocycles. The first-order valence-corrected chi connectivity index (χ1v) is 11.8. The Hall–Kier alpha value is -4.12. The van der Waals surface area contributed by atoms with Crippen molar-refractivity contribution in [1.29, 1.82) is 0 Å². The van der Waals surface area contributed by atoms with E-state index in [9.17, 15) is 8.42 Å². The highest BCUT2D eigenvalue weighted by Crippen LogP contribution is 2.36. The van der Waals surface area contributed by atoms with Crippen LogP contribution in [0.25, 0.3) is 22.3 Å². The zero-order valence-electron chi connectivity index (χ0n) is 18.7. The monoisotopic (exact) mass is 480 g/mol. The minimum absolute atomic E-state index is 0.102. The fourth-order valence-electron chi connectivity index (χ4n) is 3.64. The number of anilines is 2. The number of fused-ring (bicyclic) bond motifs is 1. The van der Waals surface area contributed by atoms with Crippen molar-refractivity contribution in [3.63, 3.8) is 0 Å². The summed E-state index contributed by atoms with van der Waals surface area (Å²) in [5.41, 5.74) is 8.47. The first-order chi connectivity index (χ1) is 16.4. The molecule has 11 heteroatoms. The van der Waals surface area contributed by atoms with Gasteiger partial charge in [-0.25, -0.2) is 23.1 Å². The summed E-state index contributed by atoms with van der Waals surface area (Å²) < 4.78 is 39.0. The Balaban J connectivity index is 1.77.